The lowest BCUT2D eigenvalue weighted by atomic mass is 10.1. The molecule has 0 aromatic carbocycles. The number of aromatic nitrogens is 1. The summed E-state index contributed by atoms with van der Waals surface area (Å²) in [6.45, 7) is 0. The van der Waals surface area contributed by atoms with E-state index >= 15 is 0 Å². The zero-order valence-electron chi connectivity index (χ0n) is 6.88. The van der Waals surface area contributed by atoms with E-state index in [9.17, 15) is 18.0 Å². The first-order chi connectivity index (χ1) is 6.42. The number of carbonyl (C=O) groups is 1. The molecule has 1 aromatic heterocycles. The van der Waals surface area contributed by atoms with Crippen molar-refractivity contribution in [3.8, 4) is 0 Å². The SMILES string of the molecule is O=C(O)CC(F)(F)c1cccc(F)n1. The van der Waals surface area contributed by atoms with Crippen molar-refractivity contribution in [3.05, 3.63) is 29.8 Å². The predicted molar refractivity (Wildman–Crippen MR) is 40.3 cm³/mol. The Bertz CT molecular complexity index is 354. The van der Waals surface area contributed by atoms with E-state index < -0.39 is 30.0 Å². The number of rotatable bonds is 3. The van der Waals surface area contributed by atoms with Crippen LogP contribution in [0.3, 0.4) is 0 Å². The zero-order valence-corrected chi connectivity index (χ0v) is 6.88. The van der Waals surface area contributed by atoms with Crippen LogP contribution in [-0.2, 0) is 10.7 Å². The summed E-state index contributed by atoms with van der Waals surface area (Å²) in [4.78, 5) is 13.0. The summed E-state index contributed by atoms with van der Waals surface area (Å²) < 4.78 is 38.4. The van der Waals surface area contributed by atoms with Gasteiger partial charge in [0.1, 0.15) is 12.1 Å². The number of carboxylic acid groups (broad SMARTS) is 1. The highest BCUT2D eigenvalue weighted by Gasteiger charge is 2.36. The summed E-state index contributed by atoms with van der Waals surface area (Å²) >= 11 is 0. The van der Waals surface area contributed by atoms with Crippen molar-refractivity contribution in [2.75, 3.05) is 0 Å². The van der Waals surface area contributed by atoms with Crippen molar-refractivity contribution in [2.45, 2.75) is 12.3 Å². The Labute approximate surface area is 77.2 Å². The highest BCUT2D eigenvalue weighted by Crippen LogP contribution is 2.29. The Morgan fingerprint density at radius 3 is 2.64 bits per heavy atom. The number of nitrogens with zero attached hydrogens (tertiary/aromatic N) is 1. The smallest absolute Gasteiger partial charge is 0.309 e. The number of aliphatic carboxylic acids is 1. The molecule has 3 nitrogen and oxygen atoms in total. The molecule has 0 aliphatic carbocycles. The van der Waals surface area contributed by atoms with Crippen LogP contribution in [-0.4, -0.2) is 16.1 Å². The van der Waals surface area contributed by atoms with Gasteiger partial charge in [0, 0.05) is 0 Å². The summed E-state index contributed by atoms with van der Waals surface area (Å²) in [5, 5.41) is 8.18. The molecular formula is C8H6F3NO2. The molecule has 76 valence electrons. The van der Waals surface area contributed by atoms with E-state index in [0.29, 0.717) is 0 Å². The van der Waals surface area contributed by atoms with Crippen LogP contribution in [0.4, 0.5) is 13.2 Å². The van der Waals surface area contributed by atoms with Crippen molar-refractivity contribution < 1.29 is 23.1 Å². The van der Waals surface area contributed by atoms with E-state index in [4.69, 9.17) is 5.11 Å². The van der Waals surface area contributed by atoms with Gasteiger partial charge in [-0.05, 0) is 12.1 Å². The van der Waals surface area contributed by atoms with Crippen molar-refractivity contribution in [1.82, 2.24) is 4.98 Å². The van der Waals surface area contributed by atoms with Gasteiger partial charge in [-0.2, -0.15) is 13.2 Å². The maximum absolute atomic E-state index is 13.0. The fraction of sp³-hybridized carbons (Fsp3) is 0.250. The average molecular weight is 205 g/mol. The lowest BCUT2D eigenvalue weighted by Crippen LogP contribution is -2.20. The Morgan fingerprint density at radius 2 is 2.14 bits per heavy atom. The third-order valence-electron chi connectivity index (χ3n) is 1.46. The molecule has 0 atom stereocenters. The Kier molecular flexibility index (Phi) is 2.73. The molecule has 0 spiro atoms. The van der Waals surface area contributed by atoms with E-state index in [1.807, 2.05) is 0 Å². The monoisotopic (exact) mass is 205 g/mol. The minimum atomic E-state index is -3.64. The molecule has 0 aliphatic rings. The molecule has 1 heterocycles. The van der Waals surface area contributed by atoms with Gasteiger partial charge in [-0.15, -0.1) is 0 Å². The molecule has 0 amide bonds. The number of carboxylic acids is 1. The van der Waals surface area contributed by atoms with Crippen LogP contribution in [0.25, 0.3) is 0 Å². The molecule has 0 radical (unpaired) electrons. The second kappa shape index (κ2) is 3.65. The van der Waals surface area contributed by atoms with Crippen LogP contribution in [0.1, 0.15) is 12.1 Å². The van der Waals surface area contributed by atoms with Crippen LogP contribution in [0.15, 0.2) is 18.2 Å². The van der Waals surface area contributed by atoms with Gasteiger partial charge in [-0.25, -0.2) is 4.98 Å². The third-order valence-corrected chi connectivity index (χ3v) is 1.46. The van der Waals surface area contributed by atoms with Gasteiger partial charge in [-0.3, -0.25) is 4.79 Å². The van der Waals surface area contributed by atoms with Crippen LogP contribution in [0, 0.1) is 5.95 Å². The summed E-state index contributed by atoms with van der Waals surface area (Å²) in [6.07, 6.45) is -1.40. The molecular weight excluding hydrogens is 199 g/mol. The Balaban J connectivity index is 2.97. The maximum Gasteiger partial charge on any atom is 0.309 e. The molecule has 0 aliphatic heterocycles. The van der Waals surface area contributed by atoms with Gasteiger partial charge in [-0.1, -0.05) is 6.07 Å². The standard InChI is InChI=1S/C8H6F3NO2/c9-6-3-1-2-5(12-6)8(10,11)4-7(13)14/h1-3H,4H2,(H,13,14). The van der Waals surface area contributed by atoms with Gasteiger partial charge in [0.25, 0.3) is 5.92 Å². The second-order valence-electron chi connectivity index (χ2n) is 2.62. The minimum Gasteiger partial charge on any atom is -0.481 e. The molecule has 0 unspecified atom stereocenters. The van der Waals surface area contributed by atoms with Gasteiger partial charge in [0.2, 0.25) is 5.95 Å². The van der Waals surface area contributed by atoms with Gasteiger partial charge < -0.3 is 5.11 Å². The first-order valence-corrected chi connectivity index (χ1v) is 3.64. The van der Waals surface area contributed by atoms with Crippen molar-refractivity contribution in [1.29, 1.82) is 0 Å². The predicted octanol–water partition coefficient (Wildman–Crippen LogP) is 1.79. The van der Waals surface area contributed by atoms with Crippen molar-refractivity contribution in [3.63, 3.8) is 0 Å². The molecule has 1 rings (SSSR count). The number of halogens is 3. The van der Waals surface area contributed by atoms with E-state index in [2.05, 4.69) is 4.98 Å². The number of alkyl halides is 2. The van der Waals surface area contributed by atoms with Crippen molar-refractivity contribution in [2.24, 2.45) is 0 Å². The van der Waals surface area contributed by atoms with Crippen LogP contribution < -0.4 is 0 Å². The topological polar surface area (TPSA) is 50.2 Å². The molecule has 0 fully saturated rings. The highest BCUT2D eigenvalue weighted by atomic mass is 19.3. The van der Waals surface area contributed by atoms with Gasteiger partial charge in [0.15, 0.2) is 0 Å². The largest absolute Gasteiger partial charge is 0.481 e. The van der Waals surface area contributed by atoms with E-state index in [0.717, 1.165) is 18.2 Å². The first kappa shape index (κ1) is 10.5. The zero-order chi connectivity index (χ0) is 10.8. The van der Waals surface area contributed by atoms with Crippen LogP contribution in [0.5, 0.6) is 0 Å². The number of hydrogen-bond acceptors (Lipinski definition) is 2. The van der Waals surface area contributed by atoms with E-state index in [-0.39, 0.29) is 0 Å². The second-order valence-corrected chi connectivity index (χ2v) is 2.62. The highest BCUT2D eigenvalue weighted by molar-refractivity contribution is 5.68. The Hall–Kier alpha value is -1.59. The number of pyridine rings is 1. The molecule has 6 heteroatoms. The summed E-state index contributed by atoms with van der Waals surface area (Å²) in [7, 11) is 0. The molecule has 0 saturated heterocycles. The lowest BCUT2D eigenvalue weighted by Gasteiger charge is -2.12. The molecule has 1 aromatic rings. The number of hydrogen-bond donors (Lipinski definition) is 1. The fourth-order valence-corrected chi connectivity index (χ4v) is 0.892. The molecule has 0 saturated carbocycles. The van der Waals surface area contributed by atoms with Crippen LogP contribution >= 0.6 is 0 Å². The summed E-state index contributed by atoms with van der Waals surface area (Å²) in [5.74, 6) is -6.37. The maximum atomic E-state index is 13.0. The van der Waals surface area contributed by atoms with E-state index in [1.165, 1.54) is 0 Å². The quantitative estimate of drug-likeness (QED) is 0.765. The van der Waals surface area contributed by atoms with Gasteiger partial charge >= 0.3 is 5.97 Å². The normalized spacial score (nSPS) is 11.4. The average Bonchev–Trinajstić information content (AvgIpc) is 2.01. The van der Waals surface area contributed by atoms with Gasteiger partial charge in [0.05, 0.1) is 0 Å². The van der Waals surface area contributed by atoms with Crippen molar-refractivity contribution >= 4 is 5.97 Å². The molecule has 1 N–H and O–H groups in total. The lowest BCUT2D eigenvalue weighted by molar-refractivity contribution is -0.145. The summed E-state index contributed by atoms with van der Waals surface area (Å²) in [6, 6.07) is 2.83. The molecule has 14 heavy (non-hydrogen) atoms. The fourth-order valence-electron chi connectivity index (χ4n) is 0.892. The Morgan fingerprint density at radius 1 is 1.50 bits per heavy atom. The minimum absolute atomic E-state index is 0.875. The first-order valence-electron chi connectivity index (χ1n) is 3.64. The van der Waals surface area contributed by atoms with E-state index in [1.54, 1.807) is 0 Å². The molecule has 0 bridgehead atoms. The third kappa shape index (κ3) is 2.45. The summed E-state index contributed by atoms with van der Waals surface area (Å²) in [5.41, 5.74) is -0.875. The van der Waals surface area contributed by atoms with Crippen LogP contribution in [0.2, 0.25) is 0 Å².